The van der Waals surface area contributed by atoms with Crippen LogP contribution in [0.15, 0.2) is 0 Å². The second-order valence-corrected chi connectivity index (χ2v) is 0.141. The molecule has 0 heterocycles. The molecule has 0 atom stereocenters. The molecule has 0 aromatic carbocycles. The second-order valence-electron chi connectivity index (χ2n) is 0.141. The Hall–Kier alpha value is 0.738. The topological polar surface area (TPSA) is 40.5 Å². The predicted molar refractivity (Wildman–Crippen MR) is 15.1 cm³/mol. The molecule has 2 N–H and O–H groups in total. The molecule has 3 heteroatoms. The van der Waals surface area contributed by atoms with E-state index in [1.54, 1.807) is 0 Å². The number of aliphatic hydroxyl groups is 2. The normalized spacial score (nSPS) is 4.50. The van der Waals surface area contributed by atoms with Gasteiger partial charge in [0.2, 0.25) is 0 Å². The fourth-order valence-electron chi connectivity index (χ4n) is 0. The van der Waals surface area contributed by atoms with Gasteiger partial charge in [0, 0.05) is 24.4 Å². The van der Waals surface area contributed by atoms with E-state index in [-0.39, 0.29) is 24.4 Å². The fraction of sp³-hybridized carbons (Fsp3) is 1.00. The van der Waals surface area contributed by atoms with Crippen LogP contribution >= 0.6 is 0 Å². The average Bonchev–Trinajstić information content (AvgIpc) is 0.918. The molecule has 25 valence electrons. The molecule has 0 rings (SSSR count). The van der Waals surface area contributed by atoms with Crippen LogP contribution in [0.5, 0.6) is 0 Å². The van der Waals surface area contributed by atoms with E-state index in [2.05, 4.69) is 0 Å². The molecule has 0 spiro atoms. The Balaban J connectivity index is 0. The summed E-state index contributed by atoms with van der Waals surface area (Å²) in [5, 5.41) is 14.2. The molecule has 0 aliphatic rings. The van der Waals surface area contributed by atoms with Gasteiger partial charge in [-0.3, -0.25) is 0 Å². The van der Waals surface area contributed by atoms with Crippen LogP contribution in [-0.4, -0.2) is 41.4 Å². The van der Waals surface area contributed by atoms with Crippen molar-refractivity contribution in [2.24, 2.45) is 0 Å². The maximum absolute atomic E-state index is 7.12. The standard InChI is InChI=1S/CH4O2.Sb/c2-1-3;/h2-3H,1H2;. The minimum absolute atomic E-state index is 0. The molecule has 2 nitrogen and oxygen atoms in total. The summed E-state index contributed by atoms with van der Waals surface area (Å²) in [6.45, 7) is -0.750. The van der Waals surface area contributed by atoms with Crippen LogP contribution < -0.4 is 0 Å². The van der Waals surface area contributed by atoms with Gasteiger partial charge >= 0.3 is 0 Å². The van der Waals surface area contributed by atoms with Crippen molar-refractivity contribution in [3.8, 4) is 0 Å². The third-order valence-electron chi connectivity index (χ3n) is 0. The van der Waals surface area contributed by atoms with Crippen LogP contribution in [0.1, 0.15) is 0 Å². The van der Waals surface area contributed by atoms with E-state index in [9.17, 15) is 0 Å². The van der Waals surface area contributed by atoms with Crippen molar-refractivity contribution in [2.45, 2.75) is 0 Å². The maximum Gasteiger partial charge on any atom is 0.140 e. The number of hydrogen-bond donors (Lipinski definition) is 2. The Kier molecular flexibility index (Phi) is 20.5. The summed E-state index contributed by atoms with van der Waals surface area (Å²) in [4.78, 5) is 0. The number of rotatable bonds is 0. The largest absolute Gasteiger partial charge is 0.371 e. The monoisotopic (exact) mass is 169 g/mol. The Morgan fingerprint density at radius 3 is 1.25 bits per heavy atom. The van der Waals surface area contributed by atoms with Gasteiger partial charge in [-0.1, -0.05) is 0 Å². The number of aliphatic hydroxyl groups excluding tert-OH is 1. The quantitative estimate of drug-likeness (QED) is 0.344. The predicted octanol–water partition coefficient (Wildman–Crippen LogP) is -1.45. The number of hydrogen-bond acceptors (Lipinski definition) is 2. The Labute approximate surface area is 41.9 Å². The Bertz CT molecular complexity index is 6.00. The molecule has 3 radical (unpaired) electrons. The van der Waals surface area contributed by atoms with Crippen molar-refractivity contribution in [3.63, 3.8) is 0 Å². The molecule has 0 fully saturated rings. The molecule has 0 aromatic rings. The van der Waals surface area contributed by atoms with Crippen molar-refractivity contribution < 1.29 is 10.2 Å². The molecule has 0 aliphatic carbocycles. The molecule has 0 aliphatic heterocycles. The molecule has 0 bridgehead atoms. The molecular formula is CH4O2Sb. The van der Waals surface area contributed by atoms with Gasteiger partial charge in [0.15, 0.2) is 0 Å². The van der Waals surface area contributed by atoms with Crippen LogP contribution in [0.2, 0.25) is 0 Å². The smallest absolute Gasteiger partial charge is 0.140 e. The molecule has 0 aromatic heterocycles. The van der Waals surface area contributed by atoms with E-state index in [4.69, 9.17) is 10.2 Å². The van der Waals surface area contributed by atoms with E-state index in [0.29, 0.717) is 0 Å². The summed E-state index contributed by atoms with van der Waals surface area (Å²) in [5.74, 6) is 0. The maximum atomic E-state index is 7.12. The van der Waals surface area contributed by atoms with Crippen molar-refractivity contribution >= 4 is 24.4 Å². The Morgan fingerprint density at radius 2 is 1.25 bits per heavy atom. The van der Waals surface area contributed by atoms with Gasteiger partial charge in [0.05, 0.1) is 0 Å². The van der Waals surface area contributed by atoms with Crippen LogP contribution in [0, 0.1) is 0 Å². The summed E-state index contributed by atoms with van der Waals surface area (Å²) < 4.78 is 0. The second kappa shape index (κ2) is 9.28. The Morgan fingerprint density at radius 1 is 1.25 bits per heavy atom. The van der Waals surface area contributed by atoms with Gasteiger partial charge in [0.25, 0.3) is 0 Å². The van der Waals surface area contributed by atoms with Gasteiger partial charge in [-0.05, 0) is 0 Å². The van der Waals surface area contributed by atoms with E-state index >= 15 is 0 Å². The van der Waals surface area contributed by atoms with Crippen molar-refractivity contribution in [1.29, 1.82) is 0 Å². The molecule has 0 saturated heterocycles. The van der Waals surface area contributed by atoms with Crippen LogP contribution in [0.25, 0.3) is 0 Å². The average molecular weight is 170 g/mol. The molecule has 4 heavy (non-hydrogen) atoms. The summed E-state index contributed by atoms with van der Waals surface area (Å²) >= 11 is 0. The van der Waals surface area contributed by atoms with Gasteiger partial charge in [-0.25, -0.2) is 0 Å². The van der Waals surface area contributed by atoms with E-state index in [1.807, 2.05) is 0 Å². The summed E-state index contributed by atoms with van der Waals surface area (Å²) in [6, 6.07) is 0. The molecular weight excluding hydrogens is 166 g/mol. The van der Waals surface area contributed by atoms with Gasteiger partial charge < -0.3 is 10.2 Å². The summed E-state index contributed by atoms with van der Waals surface area (Å²) in [5.41, 5.74) is 0. The molecule has 0 amide bonds. The minimum atomic E-state index is -0.750. The van der Waals surface area contributed by atoms with Crippen LogP contribution in [-0.2, 0) is 0 Å². The van der Waals surface area contributed by atoms with Gasteiger partial charge in [-0.15, -0.1) is 0 Å². The van der Waals surface area contributed by atoms with E-state index in [1.165, 1.54) is 0 Å². The van der Waals surface area contributed by atoms with Crippen molar-refractivity contribution in [1.82, 2.24) is 0 Å². The zero-order valence-electron chi connectivity index (χ0n) is 2.05. The van der Waals surface area contributed by atoms with Gasteiger partial charge in [-0.2, -0.15) is 0 Å². The fourth-order valence-corrected chi connectivity index (χ4v) is 0. The SMILES string of the molecule is OCO.[Sb]. The van der Waals surface area contributed by atoms with Gasteiger partial charge in [0.1, 0.15) is 6.79 Å². The first-order chi connectivity index (χ1) is 1.41. The minimum Gasteiger partial charge on any atom is -0.371 e. The van der Waals surface area contributed by atoms with Crippen molar-refractivity contribution in [2.75, 3.05) is 6.79 Å². The third kappa shape index (κ3) is 15.2. The summed E-state index contributed by atoms with van der Waals surface area (Å²) in [7, 11) is 0. The van der Waals surface area contributed by atoms with Crippen molar-refractivity contribution in [3.05, 3.63) is 0 Å². The van der Waals surface area contributed by atoms with E-state index in [0.717, 1.165) is 0 Å². The molecule has 0 unspecified atom stereocenters. The van der Waals surface area contributed by atoms with Crippen LogP contribution in [0.4, 0.5) is 0 Å². The first-order valence-corrected chi connectivity index (χ1v) is 0.632. The first kappa shape index (κ1) is 8.83. The third-order valence-corrected chi connectivity index (χ3v) is 0. The first-order valence-electron chi connectivity index (χ1n) is 0.632. The van der Waals surface area contributed by atoms with Crippen LogP contribution in [0.3, 0.4) is 0 Å². The zero-order chi connectivity index (χ0) is 2.71. The summed E-state index contributed by atoms with van der Waals surface area (Å²) in [6.07, 6.45) is 0. The molecule has 0 saturated carbocycles. The van der Waals surface area contributed by atoms with E-state index < -0.39 is 6.79 Å². The zero-order valence-corrected chi connectivity index (χ0v) is 4.60.